The van der Waals surface area contributed by atoms with Crippen molar-refractivity contribution in [2.24, 2.45) is 0 Å². The molecule has 0 aliphatic carbocycles. The lowest BCUT2D eigenvalue weighted by Gasteiger charge is -2.29. The van der Waals surface area contributed by atoms with Gasteiger partial charge in [-0.3, -0.25) is 0 Å². The van der Waals surface area contributed by atoms with Crippen LogP contribution in [0, 0.1) is 0 Å². The van der Waals surface area contributed by atoms with Crippen molar-refractivity contribution in [3.8, 4) is 0 Å². The number of aliphatic hydroxyl groups excluding tert-OH is 1. The van der Waals surface area contributed by atoms with Crippen molar-refractivity contribution < 1.29 is 13.5 Å². The molecule has 0 saturated carbocycles. The third-order valence-electron chi connectivity index (χ3n) is 3.05. The quantitative estimate of drug-likeness (QED) is 0.857. The van der Waals surface area contributed by atoms with Gasteiger partial charge in [-0.2, -0.15) is 4.31 Å². The fraction of sp³-hybridized carbons (Fsp3) is 0.500. The zero-order valence-corrected chi connectivity index (χ0v) is 12.3. The fourth-order valence-corrected chi connectivity index (χ4v) is 4.01. The Morgan fingerprint density at radius 2 is 2.22 bits per heavy atom. The predicted molar refractivity (Wildman–Crippen MR) is 73.1 cm³/mol. The van der Waals surface area contributed by atoms with E-state index in [1.807, 2.05) is 6.07 Å². The van der Waals surface area contributed by atoms with Crippen molar-refractivity contribution >= 4 is 26.0 Å². The maximum atomic E-state index is 12.4. The van der Waals surface area contributed by atoms with Crippen molar-refractivity contribution in [2.75, 3.05) is 13.1 Å². The van der Waals surface area contributed by atoms with Crippen LogP contribution in [0.5, 0.6) is 0 Å². The second-order valence-electron chi connectivity index (χ2n) is 4.44. The number of aliphatic hydroxyl groups is 1. The Bertz CT molecular complexity index is 518. The molecule has 1 N–H and O–H groups in total. The van der Waals surface area contributed by atoms with Gasteiger partial charge in [0.25, 0.3) is 0 Å². The molecule has 0 aromatic heterocycles. The minimum atomic E-state index is -3.48. The molecule has 1 aliphatic rings. The van der Waals surface area contributed by atoms with E-state index in [1.165, 1.54) is 4.31 Å². The second kappa shape index (κ2) is 5.69. The summed E-state index contributed by atoms with van der Waals surface area (Å²) in [6, 6.07) is 6.89. The van der Waals surface area contributed by atoms with Crippen LogP contribution in [0.2, 0.25) is 0 Å². The lowest BCUT2D eigenvalue weighted by molar-refractivity contribution is 0.108. The van der Waals surface area contributed by atoms with Gasteiger partial charge in [0.1, 0.15) is 0 Å². The summed E-state index contributed by atoms with van der Waals surface area (Å²) in [7, 11) is -3.48. The molecule has 0 bridgehead atoms. The maximum Gasteiger partial charge on any atom is 0.243 e. The first-order chi connectivity index (χ1) is 8.54. The van der Waals surface area contributed by atoms with E-state index >= 15 is 0 Å². The summed E-state index contributed by atoms with van der Waals surface area (Å²) in [5.74, 6) is 0. The summed E-state index contributed by atoms with van der Waals surface area (Å²) in [6.45, 7) is 0.679. The molecule has 1 fully saturated rings. The van der Waals surface area contributed by atoms with E-state index in [9.17, 15) is 13.5 Å². The Morgan fingerprint density at radius 1 is 1.44 bits per heavy atom. The first kappa shape index (κ1) is 14.0. The zero-order valence-electron chi connectivity index (χ0n) is 9.92. The van der Waals surface area contributed by atoms with E-state index < -0.39 is 16.1 Å². The summed E-state index contributed by atoms with van der Waals surface area (Å²) < 4.78 is 26.2. The average molecular weight is 334 g/mol. The minimum absolute atomic E-state index is 0.195. The monoisotopic (exact) mass is 333 g/mol. The molecule has 4 nitrogen and oxygen atoms in total. The number of alkyl halides is 1. The van der Waals surface area contributed by atoms with Crippen molar-refractivity contribution in [3.63, 3.8) is 0 Å². The van der Waals surface area contributed by atoms with Gasteiger partial charge in [0.2, 0.25) is 10.0 Å². The number of hydrogen-bond donors (Lipinski definition) is 1. The van der Waals surface area contributed by atoms with Gasteiger partial charge in [-0.05, 0) is 30.5 Å². The number of rotatable bonds is 3. The van der Waals surface area contributed by atoms with Crippen molar-refractivity contribution in [1.82, 2.24) is 4.31 Å². The Morgan fingerprint density at radius 3 is 2.89 bits per heavy atom. The lowest BCUT2D eigenvalue weighted by Crippen LogP contribution is -2.42. The molecular weight excluding hydrogens is 318 g/mol. The van der Waals surface area contributed by atoms with E-state index in [4.69, 9.17) is 0 Å². The third-order valence-corrected chi connectivity index (χ3v) is 5.56. The largest absolute Gasteiger partial charge is 0.392 e. The number of halogens is 1. The van der Waals surface area contributed by atoms with Gasteiger partial charge in [0.15, 0.2) is 0 Å². The molecule has 6 heteroatoms. The van der Waals surface area contributed by atoms with Gasteiger partial charge in [-0.15, -0.1) is 0 Å². The molecule has 1 saturated heterocycles. The highest BCUT2D eigenvalue weighted by Gasteiger charge is 2.29. The number of β-amino-alcohol motifs (C(OH)–C–C–N with tert-alkyl or cyclic N) is 1. The number of benzene rings is 1. The molecule has 100 valence electrons. The van der Waals surface area contributed by atoms with Gasteiger partial charge in [0, 0.05) is 18.4 Å². The highest BCUT2D eigenvalue weighted by atomic mass is 79.9. The highest BCUT2D eigenvalue weighted by Crippen LogP contribution is 2.22. The second-order valence-corrected chi connectivity index (χ2v) is 6.94. The smallest absolute Gasteiger partial charge is 0.243 e. The summed E-state index contributed by atoms with van der Waals surface area (Å²) in [6.07, 6.45) is 0.833. The number of sulfonamides is 1. The maximum absolute atomic E-state index is 12.4. The van der Waals surface area contributed by atoms with Gasteiger partial charge in [-0.25, -0.2) is 8.42 Å². The van der Waals surface area contributed by atoms with E-state index in [0.29, 0.717) is 29.6 Å². The van der Waals surface area contributed by atoms with Crippen LogP contribution in [-0.2, 0) is 15.4 Å². The Kier molecular flexibility index (Phi) is 4.42. The van der Waals surface area contributed by atoms with Crippen LogP contribution in [-0.4, -0.2) is 37.0 Å². The molecular formula is C12H16BrNO3S. The lowest BCUT2D eigenvalue weighted by atomic mass is 10.1. The summed E-state index contributed by atoms with van der Waals surface area (Å²) in [5, 5.41) is 10.2. The minimum Gasteiger partial charge on any atom is -0.392 e. The van der Waals surface area contributed by atoms with Gasteiger partial charge in [0.05, 0.1) is 11.0 Å². The van der Waals surface area contributed by atoms with Crippen LogP contribution in [0.3, 0.4) is 0 Å². The van der Waals surface area contributed by atoms with Crippen molar-refractivity contribution in [1.29, 1.82) is 0 Å². The summed E-state index contributed by atoms with van der Waals surface area (Å²) in [4.78, 5) is 0.300. The van der Waals surface area contributed by atoms with Crippen LogP contribution in [0.1, 0.15) is 18.4 Å². The molecule has 1 atom stereocenters. The first-order valence-corrected chi connectivity index (χ1v) is 8.43. The molecule has 0 radical (unpaired) electrons. The Labute approximate surface area is 116 Å². The molecule has 1 unspecified atom stereocenters. The SMILES string of the molecule is O=S(=O)(c1cccc(CBr)c1)N1CCCC(O)C1. The molecule has 1 aromatic rings. The Balaban J connectivity index is 2.29. The van der Waals surface area contributed by atoms with Crippen molar-refractivity contribution in [2.45, 2.75) is 29.2 Å². The van der Waals surface area contributed by atoms with Gasteiger partial charge >= 0.3 is 0 Å². The first-order valence-electron chi connectivity index (χ1n) is 5.87. The van der Waals surface area contributed by atoms with Crippen LogP contribution in [0.15, 0.2) is 29.2 Å². The predicted octanol–water partition coefficient (Wildman–Crippen LogP) is 1.73. The van der Waals surface area contributed by atoms with Crippen LogP contribution >= 0.6 is 15.9 Å². The number of hydrogen-bond acceptors (Lipinski definition) is 3. The van der Waals surface area contributed by atoms with E-state index in [1.54, 1.807) is 18.2 Å². The molecule has 2 rings (SSSR count). The Hall–Kier alpha value is -0.430. The summed E-state index contributed by atoms with van der Waals surface area (Å²) in [5.41, 5.74) is 0.925. The average Bonchev–Trinajstić information content (AvgIpc) is 2.39. The van der Waals surface area contributed by atoms with Crippen LogP contribution in [0.4, 0.5) is 0 Å². The van der Waals surface area contributed by atoms with E-state index in [0.717, 1.165) is 5.56 Å². The molecule has 1 heterocycles. The van der Waals surface area contributed by atoms with Crippen molar-refractivity contribution in [3.05, 3.63) is 29.8 Å². The van der Waals surface area contributed by atoms with Crippen LogP contribution in [0.25, 0.3) is 0 Å². The molecule has 1 aliphatic heterocycles. The van der Waals surface area contributed by atoms with Crippen LogP contribution < -0.4 is 0 Å². The molecule has 18 heavy (non-hydrogen) atoms. The van der Waals surface area contributed by atoms with Gasteiger partial charge in [-0.1, -0.05) is 28.1 Å². The third kappa shape index (κ3) is 2.93. The number of piperidine rings is 1. The van der Waals surface area contributed by atoms with Gasteiger partial charge < -0.3 is 5.11 Å². The highest BCUT2D eigenvalue weighted by molar-refractivity contribution is 9.08. The van der Waals surface area contributed by atoms with E-state index in [-0.39, 0.29) is 6.54 Å². The summed E-state index contributed by atoms with van der Waals surface area (Å²) >= 11 is 3.32. The molecule has 0 amide bonds. The van der Waals surface area contributed by atoms with E-state index in [2.05, 4.69) is 15.9 Å². The zero-order chi connectivity index (χ0) is 13.2. The fourth-order valence-electron chi connectivity index (χ4n) is 2.08. The number of nitrogens with zero attached hydrogens (tertiary/aromatic N) is 1. The molecule has 0 spiro atoms. The topological polar surface area (TPSA) is 57.6 Å². The standard InChI is InChI=1S/C12H16BrNO3S/c13-8-10-3-1-5-12(7-10)18(16,17)14-6-2-4-11(15)9-14/h1,3,5,7,11,15H,2,4,6,8-9H2. The normalized spacial score (nSPS) is 22.0. The molecule has 1 aromatic carbocycles.